The number of morpholine rings is 1. The van der Waals surface area contributed by atoms with Crippen molar-refractivity contribution in [2.75, 3.05) is 45.9 Å². The van der Waals surface area contributed by atoms with Crippen LogP contribution in [0.4, 0.5) is 0 Å². The van der Waals surface area contributed by atoms with E-state index in [2.05, 4.69) is 26.1 Å². The minimum atomic E-state index is -0.0698. The Labute approximate surface area is 196 Å². The van der Waals surface area contributed by atoms with Gasteiger partial charge in [0.2, 0.25) is 5.91 Å². The fourth-order valence-electron chi connectivity index (χ4n) is 4.50. The van der Waals surface area contributed by atoms with Gasteiger partial charge in [-0.1, -0.05) is 40.9 Å². The van der Waals surface area contributed by atoms with Gasteiger partial charge in [0.25, 0.3) is 5.91 Å². The number of thioether (sulfide) groups is 1. The first-order valence-corrected chi connectivity index (χ1v) is 12.8. The minimum Gasteiger partial charge on any atom is -0.379 e. The molecule has 168 valence electrons. The van der Waals surface area contributed by atoms with Crippen molar-refractivity contribution in [3.63, 3.8) is 0 Å². The molecular formula is C23H30BrN3O3S. The summed E-state index contributed by atoms with van der Waals surface area (Å²) in [6.07, 6.45) is 6.34. The lowest BCUT2D eigenvalue weighted by molar-refractivity contribution is -0.135. The van der Waals surface area contributed by atoms with Crippen molar-refractivity contribution >= 4 is 45.6 Å². The van der Waals surface area contributed by atoms with E-state index in [-0.39, 0.29) is 24.4 Å². The highest BCUT2D eigenvalue weighted by Gasteiger charge is 2.41. The Kier molecular flexibility index (Phi) is 8.09. The molecule has 1 aromatic carbocycles. The van der Waals surface area contributed by atoms with Gasteiger partial charge in [0.15, 0.2) is 0 Å². The Morgan fingerprint density at radius 1 is 1.26 bits per heavy atom. The molecule has 0 spiro atoms. The number of halogens is 1. The van der Waals surface area contributed by atoms with Crippen LogP contribution in [0.1, 0.15) is 31.2 Å². The lowest BCUT2D eigenvalue weighted by Crippen LogP contribution is -2.54. The van der Waals surface area contributed by atoms with Crippen LogP contribution in [-0.4, -0.2) is 78.8 Å². The molecule has 1 N–H and O–H groups in total. The Morgan fingerprint density at radius 3 is 2.87 bits per heavy atom. The normalized spacial score (nSPS) is 26.0. The number of carbonyl (C=O) groups is 2. The van der Waals surface area contributed by atoms with Crippen molar-refractivity contribution in [2.24, 2.45) is 0 Å². The van der Waals surface area contributed by atoms with E-state index < -0.39 is 0 Å². The molecule has 6 nitrogen and oxygen atoms in total. The second-order valence-corrected chi connectivity index (χ2v) is 10.5. The molecule has 2 unspecified atom stereocenters. The molecule has 1 saturated carbocycles. The fraction of sp³-hybridized carbons (Fsp3) is 0.565. The third kappa shape index (κ3) is 6.12. The molecule has 4 rings (SSSR count). The van der Waals surface area contributed by atoms with Crippen molar-refractivity contribution in [3.8, 4) is 0 Å². The van der Waals surface area contributed by atoms with Crippen molar-refractivity contribution in [1.29, 1.82) is 0 Å². The topological polar surface area (TPSA) is 61.9 Å². The molecule has 3 fully saturated rings. The Balaban J connectivity index is 1.41. The van der Waals surface area contributed by atoms with E-state index in [4.69, 9.17) is 4.74 Å². The van der Waals surface area contributed by atoms with E-state index in [0.717, 1.165) is 67.1 Å². The second-order valence-electron chi connectivity index (χ2n) is 8.31. The number of fused-ring (bicyclic) bond motifs is 1. The maximum absolute atomic E-state index is 13.3. The molecule has 1 aromatic rings. The number of ether oxygens (including phenoxy) is 1. The number of carbonyl (C=O) groups excluding carboxylic acids is 2. The van der Waals surface area contributed by atoms with E-state index in [1.165, 1.54) is 6.42 Å². The zero-order chi connectivity index (χ0) is 21.6. The van der Waals surface area contributed by atoms with Crippen LogP contribution in [0, 0.1) is 0 Å². The van der Waals surface area contributed by atoms with E-state index in [0.29, 0.717) is 11.8 Å². The monoisotopic (exact) mass is 507 g/mol. The van der Waals surface area contributed by atoms with Gasteiger partial charge in [-0.05, 0) is 36.6 Å². The predicted molar refractivity (Wildman–Crippen MR) is 128 cm³/mol. The third-order valence-corrected chi connectivity index (χ3v) is 8.02. The molecule has 1 aliphatic carbocycles. The van der Waals surface area contributed by atoms with Crippen LogP contribution in [0.5, 0.6) is 0 Å². The molecule has 2 aliphatic heterocycles. The lowest BCUT2D eigenvalue weighted by atomic mass is 9.93. The predicted octanol–water partition coefficient (Wildman–Crippen LogP) is 3.13. The molecule has 8 heteroatoms. The van der Waals surface area contributed by atoms with Gasteiger partial charge in [-0.3, -0.25) is 14.5 Å². The van der Waals surface area contributed by atoms with Gasteiger partial charge in [-0.15, -0.1) is 11.8 Å². The van der Waals surface area contributed by atoms with Crippen molar-refractivity contribution in [1.82, 2.24) is 15.1 Å². The summed E-state index contributed by atoms with van der Waals surface area (Å²) in [5.41, 5.74) is 0.995. The molecule has 2 atom stereocenters. The minimum absolute atomic E-state index is 0.0172. The van der Waals surface area contributed by atoms with Crippen LogP contribution in [0.25, 0.3) is 6.08 Å². The molecule has 0 aromatic heterocycles. The second kappa shape index (κ2) is 11.0. The highest BCUT2D eigenvalue weighted by atomic mass is 79.9. The van der Waals surface area contributed by atoms with Crippen LogP contribution in [0.3, 0.4) is 0 Å². The number of amides is 2. The van der Waals surface area contributed by atoms with Gasteiger partial charge < -0.3 is 15.0 Å². The molecule has 2 heterocycles. The molecule has 2 amide bonds. The molecule has 31 heavy (non-hydrogen) atoms. The average Bonchev–Trinajstić information content (AvgIpc) is 2.77. The van der Waals surface area contributed by atoms with E-state index in [9.17, 15) is 9.59 Å². The smallest absolute Gasteiger partial charge is 0.261 e. The van der Waals surface area contributed by atoms with Crippen molar-refractivity contribution in [2.45, 2.75) is 37.0 Å². The van der Waals surface area contributed by atoms with Gasteiger partial charge in [0, 0.05) is 41.9 Å². The quantitative estimate of drug-likeness (QED) is 0.599. The van der Waals surface area contributed by atoms with Crippen molar-refractivity contribution in [3.05, 3.63) is 39.2 Å². The summed E-state index contributed by atoms with van der Waals surface area (Å²) in [4.78, 5) is 30.9. The van der Waals surface area contributed by atoms with Gasteiger partial charge in [0.1, 0.15) is 6.54 Å². The maximum Gasteiger partial charge on any atom is 0.261 e. The standard InChI is InChI=1S/C23H30BrN3O3S/c24-18-5-3-4-17(14-18)15-21-23(29)27(19-6-1-2-7-20(19)31-21)16-22(28)25-8-9-26-10-12-30-13-11-26/h3-5,14-15,19-20H,1-2,6-13,16H2,(H,25,28)/b21-15+. The summed E-state index contributed by atoms with van der Waals surface area (Å²) in [5.74, 6) is -0.0870. The fourth-order valence-corrected chi connectivity index (χ4v) is 6.39. The molecular weight excluding hydrogens is 478 g/mol. The first kappa shape index (κ1) is 22.8. The summed E-state index contributed by atoms with van der Waals surface area (Å²) in [6.45, 7) is 4.88. The number of rotatable bonds is 6. The zero-order valence-corrected chi connectivity index (χ0v) is 20.1. The van der Waals surface area contributed by atoms with Crippen LogP contribution in [0.2, 0.25) is 0 Å². The molecule has 0 radical (unpaired) electrons. The van der Waals surface area contributed by atoms with Gasteiger partial charge in [-0.25, -0.2) is 0 Å². The van der Waals surface area contributed by atoms with Crippen LogP contribution >= 0.6 is 27.7 Å². The lowest BCUT2D eigenvalue weighted by Gasteiger charge is -2.43. The average molecular weight is 508 g/mol. The van der Waals surface area contributed by atoms with Gasteiger partial charge in [-0.2, -0.15) is 0 Å². The third-order valence-electron chi connectivity index (χ3n) is 6.13. The van der Waals surface area contributed by atoms with Crippen LogP contribution < -0.4 is 5.32 Å². The highest BCUT2D eigenvalue weighted by Crippen LogP contribution is 2.42. The first-order chi connectivity index (χ1) is 15.1. The molecule has 2 saturated heterocycles. The van der Waals surface area contributed by atoms with E-state index in [1.807, 2.05) is 35.2 Å². The summed E-state index contributed by atoms with van der Waals surface area (Å²) in [5, 5.41) is 3.38. The highest BCUT2D eigenvalue weighted by molar-refractivity contribution is 9.10. The Morgan fingerprint density at radius 2 is 2.06 bits per heavy atom. The Hall–Kier alpha value is -1.35. The zero-order valence-electron chi connectivity index (χ0n) is 17.7. The van der Waals surface area contributed by atoms with Crippen LogP contribution in [0.15, 0.2) is 33.6 Å². The summed E-state index contributed by atoms with van der Waals surface area (Å²) in [7, 11) is 0. The largest absolute Gasteiger partial charge is 0.379 e. The SMILES string of the molecule is O=C(CN1C(=O)/C(=C\c2cccc(Br)c2)SC2CCCCC21)NCCN1CCOCC1. The summed E-state index contributed by atoms with van der Waals surface area (Å²) in [6, 6.07) is 8.11. The molecule has 0 bridgehead atoms. The van der Waals surface area contributed by atoms with E-state index >= 15 is 0 Å². The number of hydrogen-bond acceptors (Lipinski definition) is 5. The number of hydrogen-bond donors (Lipinski definition) is 1. The number of nitrogens with one attached hydrogen (secondary N) is 1. The number of nitrogens with zero attached hydrogens (tertiary/aromatic N) is 2. The Bertz CT molecular complexity index is 828. The van der Waals surface area contributed by atoms with E-state index in [1.54, 1.807) is 11.8 Å². The first-order valence-electron chi connectivity index (χ1n) is 11.1. The van der Waals surface area contributed by atoms with Crippen LogP contribution in [-0.2, 0) is 14.3 Å². The molecule has 3 aliphatic rings. The summed E-state index contributed by atoms with van der Waals surface area (Å²) >= 11 is 5.20. The van der Waals surface area contributed by atoms with Gasteiger partial charge >= 0.3 is 0 Å². The number of benzene rings is 1. The summed E-state index contributed by atoms with van der Waals surface area (Å²) < 4.78 is 6.35. The van der Waals surface area contributed by atoms with Gasteiger partial charge in [0.05, 0.1) is 18.1 Å². The van der Waals surface area contributed by atoms with Crippen molar-refractivity contribution < 1.29 is 14.3 Å². The maximum atomic E-state index is 13.3.